The van der Waals surface area contributed by atoms with Crippen LogP contribution in [0, 0.1) is 0 Å². The van der Waals surface area contributed by atoms with E-state index in [2.05, 4.69) is 43.5 Å². The first-order valence-corrected chi connectivity index (χ1v) is 26.7. The third-order valence-corrected chi connectivity index (χ3v) is 13.1. The molecule has 14 nitrogen and oxygen atoms in total. The Balaban J connectivity index is 1.85. The van der Waals surface area contributed by atoms with Gasteiger partial charge in [0.05, 0.1) is 32.0 Å². The number of nitrogens with one attached hydrogen (secondary N) is 1. The van der Waals surface area contributed by atoms with Crippen LogP contribution in [0.25, 0.3) is 0 Å². The second-order valence-electron chi connectivity index (χ2n) is 19.0. The molecule has 0 aromatic heterocycles. The van der Waals surface area contributed by atoms with Crippen LogP contribution in [-0.2, 0) is 23.7 Å². The predicted molar refractivity (Wildman–Crippen MR) is 263 cm³/mol. The molecule has 12 atom stereocenters. The molecule has 67 heavy (non-hydrogen) atoms. The largest absolute Gasteiger partial charge is 0.394 e. The number of allylic oxidation sites excluding steroid dienone is 5. The van der Waals surface area contributed by atoms with Crippen LogP contribution in [0.2, 0.25) is 0 Å². The first-order valence-electron chi connectivity index (χ1n) is 26.7. The normalized spacial score (nSPS) is 26.8. The number of rotatable bonds is 41. The topological polar surface area (TPSA) is 228 Å². The van der Waals surface area contributed by atoms with Gasteiger partial charge in [0.15, 0.2) is 12.6 Å². The molecule has 0 aromatic carbocycles. The van der Waals surface area contributed by atoms with Crippen molar-refractivity contribution >= 4 is 5.91 Å². The van der Waals surface area contributed by atoms with Gasteiger partial charge < -0.3 is 65.1 Å². The fourth-order valence-corrected chi connectivity index (χ4v) is 8.68. The maximum atomic E-state index is 13.2. The Morgan fingerprint density at radius 3 is 1.46 bits per heavy atom. The van der Waals surface area contributed by atoms with E-state index in [4.69, 9.17) is 18.9 Å². The summed E-state index contributed by atoms with van der Waals surface area (Å²) in [6, 6.07) is -0.933. The van der Waals surface area contributed by atoms with E-state index in [0.29, 0.717) is 12.8 Å². The number of aliphatic hydroxyl groups excluding tert-OH is 8. The van der Waals surface area contributed by atoms with Gasteiger partial charge in [0, 0.05) is 6.42 Å². The molecule has 9 N–H and O–H groups in total. The van der Waals surface area contributed by atoms with Crippen LogP contribution in [0.1, 0.15) is 200 Å². The molecule has 0 radical (unpaired) electrons. The minimum Gasteiger partial charge on any atom is -0.394 e. The summed E-state index contributed by atoms with van der Waals surface area (Å²) < 4.78 is 22.7. The Labute approximate surface area is 404 Å². The first-order chi connectivity index (χ1) is 32.6. The highest BCUT2D eigenvalue weighted by molar-refractivity contribution is 5.76. The number of aliphatic hydroxyl groups is 8. The third kappa shape index (κ3) is 26.8. The van der Waals surface area contributed by atoms with Crippen molar-refractivity contribution in [2.24, 2.45) is 0 Å². The zero-order chi connectivity index (χ0) is 48.9. The molecule has 2 heterocycles. The van der Waals surface area contributed by atoms with E-state index >= 15 is 0 Å². The number of amides is 1. The van der Waals surface area contributed by atoms with Crippen molar-refractivity contribution in [1.29, 1.82) is 0 Å². The van der Waals surface area contributed by atoms with Gasteiger partial charge in [-0.3, -0.25) is 4.79 Å². The standard InChI is InChI=1S/C53H97NO13/c1-3-5-7-9-11-13-15-17-19-21-23-25-27-29-31-33-35-37-45(58)54-41(42(57)36-34-32-30-28-26-24-22-20-18-16-14-12-10-8-6-4-2)40-64-52-50(63)48(61)51(44(39-56)66-52)67-53-49(62)47(60)46(59)43(38-55)65-53/h18,20,26,28,34,36,41-44,46-53,55-57,59-63H,3-17,19,21-25,27,29-33,35,37-40H2,1-2H3,(H,54,58)/b20-18+,28-26+,36-34+. The van der Waals surface area contributed by atoms with Crippen molar-refractivity contribution in [2.75, 3.05) is 19.8 Å². The van der Waals surface area contributed by atoms with Crippen molar-refractivity contribution in [1.82, 2.24) is 5.32 Å². The Hall–Kier alpha value is -1.79. The van der Waals surface area contributed by atoms with Crippen LogP contribution in [0.4, 0.5) is 0 Å². The smallest absolute Gasteiger partial charge is 0.220 e. The molecule has 0 bridgehead atoms. The van der Waals surface area contributed by atoms with E-state index in [-0.39, 0.29) is 18.9 Å². The van der Waals surface area contributed by atoms with Gasteiger partial charge in [-0.15, -0.1) is 0 Å². The number of hydrogen-bond acceptors (Lipinski definition) is 13. The Kier molecular flexibility index (Phi) is 36.5. The summed E-state index contributed by atoms with van der Waals surface area (Å²) >= 11 is 0. The maximum absolute atomic E-state index is 13.2. The summed E-state index contributed by atoms with van der Waals surface area (Å²) in [5, 5.41) is 86.8. The molecule has 1 amide bonds. The Morgan fingerprint density at radius 1 is 0.522 bits per heavy atom. The fourth-order valence-electron chi connectivity index (χ4n) is 8.68. The molecule has 0 saturated carbocycles. The number of carbonyl (C=O) groups is 1. The number of carbonyl (C=O) groups excluding carboxylic acids is 1. The Morgan fingerprint density at radius 2 is 0.955 bits per heavy atom. The lowest BCUT2D eigenvalue weighted by molar-refractivity contribution is -0.359. The van der Waals surface area contributed by atoms with Crippen LogP contribution in [0.3, 0.4) is 0 Å². The number of ether oxygens (including phenoxy) is 4. The summed E-state index contributed by atoms with van der Waals surface area (Å²) in [5.41, 5.74) is 0. The molecule has 0 spiro atoms. The predicted octanol–water partition coefficient (Wildman–Crippen LogP) is 7.49. The second-order valence-corrected chi connectivity index (χ2v) is 19.0. The summed E-state index contributed by atoms with van der Waals surface area (Å²) in [4.78, 5) is 13.2. The lowest BCUT2D eigenvalue weighted by atomic mass is 9.97. The Bertz CT molecular complexity index is 1270. The molecule has 2 rings (SSSR count). The number of unbranched alkanes of at least 4 members (excludes halogenated alkanes) is 24. The van der Waals surface area contributed by atoms with Crippen LogP contribution < -0.4 is 5.32 Å². The number of hydrogen-bond donors (Lipinski definition) is 9. The molecule has 0 aromatic rings. The molecule has 14 heteroatoms. The lowest BCUT2D eigenvalue weighted by Gasteiger charge is -2.46. The van der Waals surface area contributed by atoms with Gasteiger partial charge in [-0.1, -0.05) is 185 Å². The first kappa shape index (κ1) is 61.3. The molecule has 0 aliphatic carbocycles. The summed E-state index contributed by atoms with van der Waals surface area (Å²) in [6.45, 7) is 2.76. The van der Waals surface area contributed by atoms with Crippen molar-refractivity contribution in [3.63, 3.8) is 0 Å². The van der Waals surface area contributed by atoms with E-state index in [1.165, 1.54) is 122 Å². The maximum Gasteiger partial charge on any atom is 0.220 e. The molecule has 2 aliphatic heterocycles. The average molecular weight is 956 g/mol. The molecule has 2 aliphatic rings. The summed E-state index contributed by atoms with van der Waals surface area (Å²) in [6.07, 6.45) is 28.9. The fraction of sp³-hybridized carbons (Fsp3) is 0.868. The third-order valence-electron chi connectivity index (χ3n) is 13.1. The van der Waals surface area contributed by atoms with E-state index in [1.54, 1.807) is 6.08 Å². The molecule has 392 valence electrons. The van der Waals surface area contributed by atoms with E-state index in [9.17, 15) is 45.6 Å². The molecular formula is C53H97NO13. The van der Waals surface area contributed by atoms with Gasteiger partial charge in [-0.25, -0.2) is 0 Å². The van der Waals surface area contributed by atoms with Gasteiger partial charge in [0.1, 0.15) is 48.8 Å². The van der Waals surface area contributed by atoms with Crippen molar-refractivity contribution in [2.45, 2.75) is 274 Å². The molecule has 12 unspecified atom stereocenters. The highest BCUT2D eigenvalue weighted by Gasteiger charge is 2.51. The minimum absolute atomic E-state index is 0.252. The second kappa shape index (κ2) is 39.9. The SMILES string of the molecule is CCCCCCCC/C=C/CC/C=C/CC/C=C/C(O)C(COC1OC(CO)C(OC2OC(CO)C(O)C(O)C2O)C(O)C1O)NC(=O)CCCCCCCCCCCCCCCCCCC. The summed E-state index contributed by atoms with van der Waals surface area (Å²) in [5.74, 6) is -0.252. The van der Waals surface area contributed by atoms with E-state index in [0.717, 1.165) is 44.9 Å². The monoisotopic (exact) mass is 956 g/mol. The highest BCUT2D eigenvalue weighted by Crippen LogP contribution is 2.30. The zero-order valence-corrected chi connectivity index (χ0v) is 41.6. The van der Waals surface area contributed by atoms with Crippen molar-refractivity contribution in [3.8, 4) is 0 Å². The van der Waals surface area contributed by atoms with Crippen molar-refractivity contribution in [3.05, 3.63) is 36.5 Å². The van der Waals surface area contributed by atoms with E-state index in [1.807, 2.05) is 6.08 Å². The zero-order valence-electron chi connectivity index (χ0n) is 41.6. The van der Waals surface area contributed by atoms with Crippen LogP contribution in [0.5, 0.6) is 0 Å². The van der Waals surface area contributed by atoms with Crippen molar-refractivity contribution < 1.29 is 64.6 Å². The highest BCUT2D eigenvalue weighted by atomic mass is 16.7. The van der Waals surface area contributed by atoms with Gasteiger partial charge in [-0.05, 0) is 44.9 Å². The van der Waals surface area contributed by atoms with Gasteiger partial charge in [0.2, 0.25) is 5.91 Å². The quantitative estimate of drug-likeness (QED) is 0.0214. The van der Waals surface area contributed by atoms with Crippen LogP contribution >= 0.6 is 0 Å². The molecule has 2 fully saturated rings. The average Bonchev–Trinajstić information content (AvgIpc) is 3.32. The van der Waals surface area contributed by atoms with Gasteiger partial charge >= 0.3 is 0 Å². The molecular weight excluding hydrogens is 859 g/mol. The minimum atomic E-state index is -1.79. The van der Waals surface area contributed by atoms with Gasteiger partial charge in [-0.2, -0.15) is 0 Å². The molecule has 2 saturated heterocycles. The lowest BCUT2D eigenvalue weighted by Crippen LogP contribution is -2.65. The van der Waals surface area contributed by atoms with Crippen LogP contribution in [-0.4, -0.2) is 140 Å². The van der Waals surface area contributed by atoms with Crippen LogP contribution in [0.15, 0.2) is 36.5 Å². The van der Waals surface area contributed by atoms with E-state index < -0.39 is 86.8 Å². The summed E-state index contributed by atoms with van der Waals surface area (Å²) in [7, 11) is 0. The van der Waals surface area contributed by atoms with Gasteiger partial charge in [0.25, 0.3) is 0 Å².